The molecule has 0 fully saturated rings. The summed E-state index contributed by atoms with van der Waals surface area (Å²) >= 11 is 0. The average Bonchev–Trinajstić information content (AvgIpc) is 2.41. The second kappa shape index (κ2) is 5.23. The lowest BCUT2D eigenvalue weighted by molar-refractivity contribution is 0.0600. The van der Waals surface area contributed by atoms with Crippen LogP contribution in [-0.4, -0.2) is 18.2 Å². The van der Waals surface area contributed by atoms with Gasteiger partial charge in [0.05, 0.1) is 12.7 Å². The molecule has 0 bridgehead atoms. The van der Waals surface area contributed by atoms with Gasteiger partial charge in [0.15, 0.2) is 11.5 Å². The first-order chi connectivity index (χ1) is 8.70. The molecule has 0 aromatic heterocycles. The molecule has 0 atom stereocenters. The van der Waals surface area contributed by atoms with Crippen LogP contribution in [0.3, 0.4) is 0 Å². The molecular weight excluding hydrogens is 232 g/mol. The predicted octanol–water partition coefficient (Wildman–Crippen LogP) is 2.97. The van der Waals surface area contributed by atoms with Crippen molar-refractivity contribution in [2.24, 2.45) is 0 Å². The van der Waals surface area contributed by atoms with E-state index in [2.05, 4.69) is 4.74 Å². The van der Waals surface area contributed by atoms with E-state index < -0.39 is 5.97 Å². The molecule has 0 radical (unpaired) electrons. The molecule has 2 aromatic rings. The Morgan fingerprint density at radius 2 is 1.89 bits per heavy atom. The third kappa shape index (κ3) is 2.60. The zero-order valence-corrected chi connectivity index (χ0v) is 9.79. The maximum absolute atomic E-state index is 11.4. The molecular formula is C14H12O4. The Hall–Kier alpha value is -2.49. The van der Waals surface area contributed by atoms with Crippen molar-refractivity contribution in [3.63, 3.8) is 0 Å². The second-order valence-corrected chi connectivity index (χ2v) is 3.59. The molecule has 0 amide bonds. The molecule has 0 heterocycles. The van der Waals surface area contributed by atoms with E-state index in [4.69, 9.17) is 4.74 Å². The first-order valence-electron chi connectivity index (χ1n) is 5.35. The minimum Gasteiger partial charge on any atom is -0.504 e. The molecule has 18 heavy (non-hydrogen) atoms. The van der Waals surface area contributed by atoms with E-state index in [1.54, 1.807) is 42.5 Å². The van der Waals surface area contributed by atoms with Crippen molar-refractivity contribution < 1.29 is 19.4 Å². The molecule has 92 valence electrons. The fraction of sp³-hybridized carbons (Fsp3) is 0.0714. The van der Waals surface area contributed by atoms with Crippen LogP contribution < -0.4 is 4.74 Å². The summed E-state index contributed by atoms with van der Waals surface area (Å²) in [6.07, 6.45) is 0. The van der Waals surface area contributed by atoms with Gasteiger partial charge in [0, 0.05) is 0 Å². The number of rotatable bonds is 3. The third-order valence-electron chi connectivity index (χ3n) is 2.35. The van der Waals surface area contributed by atoms with Gasteiger partial charge in [-0.25, -0.2) is 4.79 Å². The second-order valence-electron chi connectivity index (χ2n) is 3.59. The number of phenolic OH excluding ortho intramolecular Hbond substituents is 1. The monoisotopic (exact) mass is 244 g/mol. The summed E-state index contributed by atoms with van der Waals surface area (Å²) in [6, 6.07) is 13.2. The van der Waals surface area contributed by atoms with Crippen molar-refractivity contribution in [1.29, 1.82) is 0 Å². The average molecular weight is 244 g/mol. The van der Waals surface area contributed by atoms with Crippen LogP contribution in [0.2, 0.25) is 0 Å². The predicted molar refractivity (Wildman–Crippen MR) is 66.0 cm³/mol. The Labute approximate surface area is 104 Å². The van der Waals surface area contributed by atoms with Gasteiger partial charge in [-0.15, -0.1) is 0 Å². The molecule has 0 aliphatic carbocycles. The van der Waals surface area contributed by atoms with Crippen LogP contribution in [-0.2, 0) is 4.74 Å². The number of methoxy groups -OCH3 is 1. The molecule has 1 N–H and O–H groups in total. The largest absolute Gasteiger partial charge is 0.504 e. The highest BCUT2D eigenvalue weighted by Crippen LogP contribution is 2.30. The van der Waals surface area contributed by atoms with Crippen LogP contribution >= 0.6 is 0 Å². The summed E-state index contributed by atoms with van der Waals surface area (Å²) in [5.74, 6) is 0.401. The highest BCUT2D eigenvalue weighted by atomic mass is 16.5. The van der Waals surface area contributed by atoms with Gasteiger partial charge in [-0.2, -0.15) is 0 Å². The smallest absolute Gasteiger partial charge is 0.337 e. The van der Waals surface area contributed by atoms with Crippen LogP contribution in [0.1, 0.15) is 10.4 Å². The van der Waals surface area contributed by atoms with E-state index >= 15 is 0 Å². The highest BCUT2D eigenvalue weighted by Gasteiger charge is 2.08. The Morgan fingerprint density at radius 3 is 2.61 bits per heavy atom. The summed E-state index contributed by atoms with van der Waals surface area (Å²) in [5, 5.41) is 9.58. The lowest BCUT2D eigenvalue weighted by atomic mass is 10.2. The number of benzene rings is 2. The number of phenols is 1. The van der Waals surface area contributed by atoms with Crippen LogP contribution in [0.15, 0.2) is 48.5 Å². The number of carbonyl (C=O) groups excluding carboxylic acids is 1. The van der Waals surface area contributed by atoms with Gasteiger partial charge in [-0.05, 0) is 30.3 Å². The molecule has 0 spiro atoms. The minimum atomic E-state index is -0.433. The van der Waals surface area contributed by atoms with Crippen molar-refractivity contribution in [3.05, 3.63) is 54.1 Å². The van der Waals surface area contributed by atoms with Gasteiger partial charge < -0.3 is 14.6 Å². The van der Waals surface area contributed by atoms with Crippen LogP contribution in [0.5, 0.6) is 17.2 Å². The Bertz CT molecular complexity index is 563. The lowest BCUT2D eigenvalue weighted by Crippen LogP contribution is -2.00. The SMILES string of the molecule is COC(=O)c1cccc(Oc2ccccc2O)c1. The number of aromatic hydroxyl groups is 1. The fourth-order valence-corrected chi connectivity index (χ4v) is 1.47. The van der Waals surface area contributed by atoms with Crippen molar-refractivity contribution in [3.8, 4) is 17.2 Å². The molecule has 4 heteroatoms. The van der Waals surface area contributed by atoms with Crippen LogP contribution in [0.4, 0.5) is 0 Å². The van der Waals surface area contributed by atoms with Gasteiger partial charge in [0.25, 0.3) is 0 Å². The summed E-state index contributed by atoms with van der Waals surface area (Å²) in [4.78, 5) is 11.4. The van der Waals surface area contributed by atoms with Crippen LogP contribution in [0, 0.1) is 0 Å². The molecule has 4 nitrogen and oxygen atoms in total. The lowest BCUT2D eigenvalue weighted by Gasteiger charge is -2.08. The van der Waals surface area contributed by atoms with Crippen molar-refractivity contribution in [2.75, 3.05) is 7.11 Å². The molecule has 0 aliphatic rings. The normalized spacial score (nSPS) is 9.83. The number of hydrogen-bond acceptors (Lipinski definition) is 4. The Balaban J connectivity index is 2.25. The topological polar surface area (TPSA) is 55.8 Å². The highest BCUT2D eigenvalue weighted by molar-refractivity contribution is 5.89. The van der Waals surface area contributed by atoms with Gasteiger partial charge in [-0.3, -0.25) is 0 Å². The number of ether oxygens (including phenoxy) is 2. The fourth-order valence-electron chi connectivity index (χ4n) is 1.47. The van der Waals surface area contributed by atoms with Gasteiger partial charge in [-0.1, -0.05) is 18.2 Å². The zero-order chi connectivity index (χ0) is 13.0. The Kier molecular flexibility index (Phi) is 3.48. The maximum atomic E-state index is 11.4. The summed E-state index contributed by atoms with van der Waals surface area (Å²) in [6.45, 7) is 0. The van der Waals surface area contributed by atoms with Gasteiger partial charge in [0.1, 0.15) is 5.75 Å². The molecule has 0 saturated carbocycles. The number of carbonyl (C=O) groups is 1. The molecule has 2 aromatic carbocycles. The van der Waals surface area contributed by atoms with E-state index in [0.717, 1.165) is 0 Å². The number of hydrogen-bond donors (Lipinski definition) is 1. The maximum Gasteiger partial charge on any atom is 0.337 e. The van der Waals surface area contributed by atoms with Crippen molar-refractivity contribution in [1.82, 2.24) is 0 Å². The quantitative estimate of drug-likeness (QED) is 0.843. The first kappa shape index (κ1) is 12.0. The molecule has 2 rings (SSSR count). The van der Waals surface area contributed by atoms with Crippen molar-refractivity contribution >= 4 is 5.97 Å². The van der Waals surface area contributed by atoms with E-state index in [1.807, 2.05) is 0 Å². The minimum absolute atomic E-state index is 0.0426. The summed E-state index contributed by atoms with van der Waals surface area (Å²) < 4.78 is 10.1. The van der Waals surface area contributed by atoms with Gasteiger partial charge in [0.2, 0.25) is 0 Å². The third-order valence-corrected chi connectivity index (χ3v) is 2.35. The zero-order valence-electron chi connectivity index (χ0n) is 9.79. The van der Waals surface area contributed by atoms with E-state index in [0.29, 0.717) is 17.1 Å². The molecule has 0 aliphatic heterocycles. The first-order valence-corrected chi connectivity index (χ1v) is 5.35. The summed E-state index contributed by atoms with van der Waals surface area (Å²) in [7, 11) is 1.32. The van der Waals surface area contributed by atoms with E-state index in [-0.39, 0.29) is 5.75 Å². The van der Waals surface area contributed by atoms with Gasteiger partial charge >= 0.3 is 5.97 Å². The molecule has 0 unspecified atom stereocenters. The van der Waals surface area contributed by atoms with E-state index in [9.17, 15) is 9.90 Å². The summed E-state index contributed by atoms with van der Waals surface area (Å²) in [5.41, 5.74) is 0.394. The van der Waals surface area contributed by atoms with Crippen LogP contribution in [0.25, 0.3) is 0 Å². The standard InChI is InChI=1S/C14H12O4/c1-17-14(16)10-5-4-6-11(9-10)18-13-8-3-2-7-12(13)15/h2-9,15H,1H3. The number of esters is 1. The molecule has 0 saturated heterocycles. The Morgan fingerprint density at radius 1 is 1.11 bits per heavy atom. The van der Waals surface area contributed by atoms with E-state index in [1.165, 1.54) is 13.2 Å². The number of para-hydroxylation sites is 2. The van der Waals surface area contributed by atoms with Crippen molar-refractivity contribution in [2.45, 2.75) is 0 Å².